The molecule has 0 radical (unpaired) electrons. The maximum Gasteiger partial charge on any atom is 0.320 e. The second-order valence-electron chi connectivity index (χ2n) is 5.02. The molecule has 0 amide bonds. The van der Waals surface area contributed by atoms with Gasteiger partial charge in [0.1, 0.15) is 0 Å². The lowest BCUT2D eigenvalue weighted by Crippen LogP contribution is -2.38. The van der Waals surface area contributed by atoms with Crippen molar-refractivity contribution in [2.45, 2.75) is 38.6 Å². The van der Waals surface area contributed by atoms with Crippen LogP contribution >= 0.6 is 0 Å². The first-order chi connectivity index (χ1) is 8.29. The molecule has 0 aromatic carbocycles. The summed E-state index contributed by atoms with van der Waals surface area (Å²) in [4.78, 5) is 13.9. The van der Waals surface area contributed by atoms with E-state index in [1.807, 2.05) is 6.92 Å². The number of nitrogens with zero attached hydrogens (tertiary/aromatic N) is 1. The van der Waals surface area contributed by atoms with Crippen molar-refractivity contribution >= 4 is 5.97 Å². The minimum atomic E-state index is -0.0774. The minimum Gasteiger partial charge on any atom is -0.465 e. The van der Waals surface area contributed by atoms with Crippen LogP contribution in [0.4, 0.5) is 0 Å². The van der Waals surface area contributed by atoms with Gasteiger partial charge in [0.25, 0.3) is 0 Å². The Hall–Kier alpha value is -0.610. The quantitative estimate of drug-likeness (QED) is 0.660. The zero-order valence-electron chi connectivity index (χ0n) is 10.7. The van der Waals surface area contributed by atoms with Gasteiger partial charge < -0.3 is 9.47 Å². The van der Waals surface area contributed by atoms with Crippen LogP contribution in [0.2, 0.25) is 0 Å². The first-order valence-electron chi connectivity index (χ1n) is 6.77. The molecule has 0 aromatic heterocycles. The third-order valence-corrected chi connectivity index (χ3v) is 3.53. The van der Waals surface area contributed by atoms with Crippen LogP contribution in [0.25, 0.3) is 0 Å². The Labute approximate surface area is 103 Å². The van der Waals surface area contributed by atoms with E-state index in [0.29, 0.717) is 25.1 Å². The SMILES string of the molecule is CCOC(=O)CN(CC1CCOCC1)C1CC1. The monoisotopic (exact) mass is 241 g/mol. The average molecular weight is 241 g/mol. The number of rotatable bonds is 6. The lowest BCUT2D eigenvalue weighted by atomic mass is 9.99. The molecule has 0 spiro atoms. The van der Waals surface area contributed by atoms with Crippen molar-refractivity contribution in [1.82, 2.24) is 4.90 Å². The van der Waals surface area contributed by atoms with E-state index in [0.717, 1.165) is 32.6 Å². The van der Waals surface area contributed by atoms with Crippen LogP contribution in [-0.4, -0.2) is 49.8 Å². The molecular formula is C13H23NO3. The minimum absolute atomic E-state index is 0.0774. The summed E-state index contributed by atoms with van der Waals surface area (Å²) in [6.07, 6.45) is 4.74. The summed E-state index contributed by atoms with van der Waals surface area (Å²) >= 11 is 0. The molecule has 1 aliphatic heterocycles. The van der Waals surface area contributed by atoms with E-state index in [2.05, 4.69) is 4.90 Å². The highest BCUT2D eigenvalue weighted by molar-refractivity contribution is 5.71. The highest BCUT2D eigenvalue weighted by atomic mass is 16.5. The van der Waals surface area contributed by atoms with Gasteiger partial charge in [0.05, 0.1) is 13.2 Å². The van der Waals surface area contributed by atoms with E-state index in [1.165, 1.54) is 12.8 Å². The summed E-state index contributed by atoms with van der Waals surface area (Å²) in [6, 6.07) is 0.627. The van der Waals surface area contributed by atoms with Crippen LogP contribution in [0.3, 0.4) is 0 Å². The van der Waals surface area contributed by atoms with Gasteiger partial charge in [-0.25, -0.2) is 0 Å². The number of carbonyl (C=O) groups is 1. The summed E-state index contributed by atoms with van der Waals surface area (Å²) < 4.78 is 10.4. The molecule has 17 heavy (non-hydrogen) atoms. The zero-order valence-corrected chi connectivity index (χ0v) is 10.7. The molecule has 2 aliphatic rings. The fourth-order valence-electron chi connectivity index (χ4n) is 2.42. The Morgan fingerprint density at radius 3 is 2.59 bits per heavy atom. The summed E-state index contributed by atoms with van der Waals surface area (Å²) in [6.45, 7) is 5.60. The molecule has 98 valence electrons. The molecule has 1 saturated carbocycles. The van der Waals surface area contributed by atoms with Gasteiger partial charge in [-0.1, -0.05) is 0 Å². The van der Waals surface area contributed by atoms with Gasteiger partial charge in [-0.3, -0.25) is 9.69 Å². The maximum atomic E-state index is 11.5. The van der Waals surface area contributed by atoms with Gasteiger partial charge >= 0.3 is 5.97 Å². The Morgan fingerprint density at radius 2 is 2.00 bits per heavy atom. The Morgan fingerprint density at radius 1 is 1.29 bits per heavy atom. The fourth-order valence-corrected chi connectivity index (χ4v) is 2.42. The smallest absolute Gasteiger partial charge is 0.320 e. The predicted octanol–water partition coefficient (Wildman–Crippen LogP) is 1.44. The molecule has 1 heterocycles. The molecule has 0 bridgehead atoms. The Kier molecular flexibility index (Phi) is 4.80. The van der Waals surface area contributed by atoms with E-state index in [4.69, 9.17) is 9.47 Å². The largest absolute Gasteiger partial charge is 0.465 e. The summed E-state index contributed by atoms with van der Waals surface area (Å²) in [7, 11) is 0. The van der Waals surface area contributed by atoms with Crippen LogP contribution in [0.1, 0.15) is 32.6 Å². The first kappa shape index (κ1) is 12.8. The first-order valence-corrected chi connectivity index (χ1v) is 6.77. The van der Waals surface area contributed by atoms with Crippen molar-refractivity contribution in [2.24, 2.45) is 5.92 Å². The summed E-state index contributed by atoms with van der Waals surface area (Å²) in [5.41, 5.74) is 0. The van der Waals surface area contributed by atoms with Crippen molar-refractivity contribution in [3.63, 3.8) is 0 Å². The van der Waals surface area contributed by atoms with E-state index in [-0.39, 0.29) is 5.97 Å². The van der Waals surface area contributed by atoms with Crippen LogP contribution in [0.5, 0.6) is 0 Å². The third-order valence-electron chi connectivity index (χ3n) is 3.53. The number of esters is 1. The van der Waals surface area contributed by atoms with Gasteiger partial charge in [0, 0.05) is 25.8 Å². The van der Waals surface area contributed by atoms with Crippen molar-refractivity contribution in [2.75, 3.05) is 32.9 Å². The molecule has 0 aromatic rings. The highest BCUT2D eigenvalue weighted by Crippen LogP contribution is 2.29. The molecule has 4 heteroatoms. The predicted molar refractivity (Wildman–Crippen MR) is 64.8 cm³/mol. The second kappa shape index (κ2) is 6.36. The third kappa shape index (κ3) is 4.28. The Balaban J connectivity index is 1.77. The number of ether oxygens (including phenoxy) is 2. The van der Waals surface area contributed by atoms with Crippen LogP contribution in [0, 0.1) is 5.92 Å². The lowest BCUT2D eigenvalue weighted by Gasteiger charge is -2.29. The van der Waals surface area contributed by atoms with E-state index in [9.17, 15) is 4.79 Å². The lowest BCUT2D eigenvalue weighted by molar-refractivity contribution is -0.144. The van der Waals surface area contributed by atoms with Gasteiger partial charge in [-0.2, -0.15) is 0 Å². The number of hydrogen-bond acceptors (Lipinski definition) is 4. The van der Waals surface area contributed by atoms with E-state index in [1.54, 1.807) is 0 Å². The summed E-state index contributed by atoms with van der Waals surface area (Å²) in [5.74, 6) is 0.616. The second-order valence-corrected chi connectivity index (χ2v) is 5.02. The van der Waals surface area contributed by atoms with Crippen molar-refractivity contribution < 1.29 is 14.3 Å². The van der Waals surface area contributed by atoms with Crippen molar-refractivity contribution in [1.29, 1.82) is 0 Å². The fraction of sp³-hybridized carbons (Fsp3) is 0.923. The van der Waals surface area contributed by atoms with Crippen LogP contribution in [0.15, 0.2) is 0 Å². The van der Waals surface area contributed by atoms with E-state index < -0.39 is 0 Å². The molecule has 1 saturated heterocycles. The standard InChI is InChI=1S/C13H23NO3/c1-2-17-13(15)10-14(12-3-4-12)9-11-5-7-16-8-6-11/h11-12H,2-10H2,1H3. The molecule has 2 fully saturated rings. The molecule has 0 unspecified atom stereocenters. The maximum absolute atomic E-state index is 11.5. The molecule has 1 aliphatic carbocycles. The topological polar surface area (TPSA) is 38.8 Å². The van der Waals surface area contributed by atoms with Crippen molar-refractivity contribution in [3.8, 4) is 0 Å². The van der Waals surface area contributed by atoms with Crippen LogP contribution in [-0.2, 0) is 14.3 Å². The van der Waals surface area contributed by atoms with Gasteiger partial charge in [-0.05, 0) is 38.5 Å². The van der Waals surface area contributed by atoms with Crippen molar-refractivity contribution in [3.05, 3.63) is 0 Å². The molecule has 0 N–H and O–H groups in total. The molecule has 2 rings (SSSR count). The van der Waals surface area contributed by atoms with Gasteiger partial charge in [-0.15, -0.1) is 0 Å². The van der Waals surface area contributed by atoms with Crippen LogP contribution < -0.4 is 0 Å². The van der Waals surface area contributed by atoms with Gasteiger partial charge in [0.2, 0.25) is 0 Å². The number of hydrogen-bond donors (Lipinski definition) is 0. The molecular weight excluding hydrogens is 218 g/mol. The number of carbonyl (C=O) groups excluding carboxylic acids is 1. The zero-order chi connectivity index (χ0) is 12.1. The summed E-state index contributed by atoms with van der Waals surface area (Å²) in [5, 5.41) is 0. The molecule has 0 atom stereocenters. The highest BCUT2D eigenvalue weighted by Gasteiger charge is 2.32. The van der Waals surface area contributed by atoms with E-state index >= 15 is 0 Å². The average Bonchev–Trinajstić information content (AvgIpc) is 3.14. The Bertz CT molecular complexity index is 247. The van der Waals surface area contributed by atoms with Gasteiger partial charge in [0.15, 0.2) is 0 Å². The normalized spacial score (nSPS) is 21.8. The molecule has 4 nitrogen and oxygen atoms in total.